The van der Waals surface area contributed by atoms with E-state index in [2.05, 4.69) is 5.32 Å². The summed E-state index contributed by atoms with van der Waals surface area (Å²) in [6.45, 7) is 3.91. The zero-order valence-electron chi connectivity index (χ0n) is 18.3. The van der Waals surface area contributed by atoms with Gasteiger partial charge in [-0.3, -0.25) is 4.79 Å². The highest BCUT2D eigenvalue weighted by Gasteiger charge is 2.22. The van der Waals surface area contributed by atoms with Crippen LogP contribution in [0.5, 0.6) is 11.5 Å². The van der Waals surface area contributed by atoms with Crippen molar-refractivity contribution in [1.29, 1.82) is 0 Å². The van der Waals surface area contributed by atoms with Gasteiger partial charge in [0.2, 0.25) is 0 Å². The molecule has 0 radical (unpaired) electrons. The van der Waals surface area contributed by atoms with Crippen LogP contribution in [0.15, 0.2) is 48.5 Å². The van der Waals surface area contributed by atoms with Gasteiger partial charge in [0.25, 0.3) is 5.91 Å². The largest absolute Gasteiger partial charge is 0.493 e. The number of ether oxygens (including phenoxy) is 2. The first kappa shape index (κ1) is 23.5. The number of methoxy groups -OCH3 is 1. The van der Waals surface area contributed by atoms with Crippen LogP contribution in [0.25, 0.3) is 6.08 Å². The first-order valence-electron chi connectivity index (χ1n) is 10.5. The van der Waals surface area contributed by atoms with Gasteiger partial charge in [0, 0.05) is 36.9 Å². The number of amides is 3. The van der Waals surface area contributed by atoms with Crippen molar-refractivity contribution in [3.63, 3.8) is 0 Å². The molecule has 2 aromatic rings. The van der Waals surface area contributed by atoms with Crippen molar-refractivity contribution in [3.05, 3.63) is 59.1 Å². The molecule has 0 unspecified atom stereocenters. The summed E-state index contributed by atoms with van der Waals surface area (Å²) >= 11 is 5.89. The molecule has 32 heavy (non-hydrogen) atoms. The second-order valence-electron chi connectivity index (χ2n) is 7.36. The van der Waals surface area contributed by atoms with Crippen LogP contribution in [0.3, 0.4) is 0 Å². The van der Waals surface area contributed by atoms with Crippen molar-refractivity contribution in [2.75, 3.05) is 45.2 Å². The summed E-state index contributed by atoms with van der Waals surface area (Å²) in [5.74, 6) is 0.978. The van der Waals surface area contributed by atoms with Gasteiger partial charge >= 0.3 is 6.03 Å². The molecule has 0 aliphatic carbocycles. The zero-order valence-corrected chi connectivity index (χ0v) is 19.1. The monoisotopic (exact) mass is 457 g/mol. The number of urea groups is 1. The Balaban J connectivity index is 1.52. The maximum atomic E-state index is 12.7. The molecule has 3 amide bonds. The third-order valence-electron chi connectivity index (χ3n) is 5.13. The molecule has 1 aliphatic rings. The molecule has 0 atom stereocenters. The molecule has 1 N–H and O–H groups in total. The van der Waals surface area contributed by atoms with Crippen LogP contribution in [-0.4, -0.2) is 61.6 Å². The number of benzene rings is 2. The summed E-state index contributed by atoms with van der Waals surface area (Å²) in [6.07, 6.45) is 4.60. The van der Waals surface area contributed by atoms with E-state index >= 15 is 0 Å². The summed E-state index contributed by atoms with van der Waals surface area (Å²) < 4.78 is 11.1. The fourth-order valence-corrected chi connectivity index (χ4v) is 3.56. The first-order valence-corrected chi connectivity index (χ1v) is 10.9. The fraction of sp³-hybridized carbons (Fsp3) is 0.333. The Kier molecular flexibility index (Phi) is 8.39. The van der Waals surface area contributed by atoms with E-state index in [1.54, 1.807) is 47.2 Å². The lowest BCUT2D eigenvalue weighted by Gasteiger charge is -2.22. The average molecular weight is 458 g/mol. The molecule has 0 aromatic heterocycles. The quantitative estimate of drug-likeness (QED) is 0.692. The molecule has 1 aliphatic heterocycles. The molecule has 3 rings (SSSR count). The Morgan fingerprint density at radius 3 is 2.47 bits per heavy atom. The number of nitrogens with zero attached hydrogens (tertiary/aromatic N) is 2. The summed E-state index contributed by atoms with van der Waals surface area (Å²) in [5.41, 5.74) is 1.67. The number of allylic oxidation sites excluding steroid dienone is 1. The number of nitrogens with one attached hydrogen (secondary N) is 1. The Hall–Kier alpha value is -3.19. The predicted molar refractivity (Wildman–Crippen MR) is 126 cm³/mol. The summed E-state index contributed by atoms with van der Waals surface area (Å²) in [6, 6.07) is 12.3. The zero-order chi connectivity index (χ0) is 22.9. The molecule has 0 spiro atoms. The van der Waals surface area contributed by atoms with Gasteiger partial charge in [0.1, 0.15) is 0 Å². The summed E-state index contributed by atoms with van der Waals surface area (Å²) in [5, 5.41) is 3.48. The number of carbonyl (C=O) groups is 2. The third-order valence-corrected chi connectivity index (χ3v) is 5.38. The molecule has 1 fully saturated rings. The summed E-state index contributed by atoms with van der Waals surface area (Å²) in [4.78, 5) is 28.7. The minimum atomic E-state index is -0.191. The van der Waals surface area contributed by atoms with Gasteiger partial charge in [0.15, 0.2) is 18.1 Å². The van der Waals surface area contributed by atoms with E-state index in [0.717, 1.165) is 5.56 Å². The second-order valence-corrected chi connectivity index (χ2v) is 7.79. The van der Waals surface area contributed by atoms with E-state index in [0.29, 0.717) is 54.8 Å². The maximum Gasteiger partial charge on any atom is 0.321 e. The lowest BCUT2D eigenvalue weighted by atomic mass is 10.2. The molecule has 170 valence electrons. The number of anilines is 1. The maximum absolute atomic E-state index is 12.7. The third kappa shape index (κ3) is 6.40. The molecule has 2 aromatic carbocycles. The molecule has 1 heterocycles. The van der Waals surface area contributed by atoms with Crippen LogP contribution >= 0.6 is 11.6 Å². The van der Waals surface area contributed by atoms with Crippen LogP contribution < -0.4 is 14.8 Å². The van der Waals surface area contributed by atoms with E-state index in [1.165, 1.54) is 0 Å². The minimum absolute atomic E-state index is 0.0870. The van der Waals surface area contributed by atoms with Crippen molar-refractivity contribution >= 4 is 35.3 Å². The number of rotatable bonds is 6. The van der Waals surface area contributed by atoms with Gasteiger partial charge in [-0.15, -0.1) is 0 Å². The minimum Gasteiger partial charge on any atom is -0.493 e. The van der Waals surface area contributed by atoms with Crippen LogP contribution in [-0.2, 0) is 4.79 Å². The van der Waals surface area contributed by atoms with Crippen molar-refractivity contribution < 1.29 is 19.1 Å². The first-order chi connectivity index (χ1) is 15.5. The van der Waals surface area contributed by atoms with Crippen molar-refractivity contribution in [3.8, 4) is 11.5 Å². The second kappa shape index (κ2) is 11.4. The predicted octanol–water partition coefficient (Wildman–Crippen LogP) is 4.53. The van der Waals surface area contributed by atoms with Gasteiger partial charge in [-0.1, -0.05) is 29.8 Å². The Morgan fingerprint density at radius 2 is 1.75 bits per heavy atom. The van der Waals surface area contributed by atoms with Gasteiger partial charge < -0.3 is 24.6 Å². The Labute approximate surface area is 193 Å². The molecule has 1 saturated heterocycles. The summed E-state index contributed by atoms with van der Waals surface area (Å²) in [7, 11) is 1.57. The lowest BCUT2D eigenvalue weighted by molar-refractivity contribution is -0.133. The van der Waals surface area contributed by atoms with Crippen molar-refractivity contribution in [2.45, 2.75) is 13.3 Å². The van der Waals surface area contributed by atoms with E-state index in [1.807, 2.05) is 31.2 Å². The van der Waals surface area contributed by atoms with Crippen molar-refractivity contribution in [1.82, 2.24) is 9.80 Å². The molecule has 0 saturated carbocycles. The highest BCUT2D eigenvalue weighted by molar-refractivity contribution is 6.30. The topological polar surface area (TPSA) is 71.1 Å². The van der Waals surface area contributed by atoms with Crippen LogP contribution in [0.2, 0.25) is 5.02 Å². The van der Waals surface area contributed by atoms with Crippen LogP contribution in [0.4, 0.5) is 10.5 Å². The SMILES string of the molecule is C/C=C/c1ccc(OCC(=O)N2CCCN(C(=O)Nc3ccc(Cl)cc3)CC2)c(OC)c1. The highest BCUT2D eigenvalue weighted by atomic mass is 35.5. The van der Waals surface area contributed by atoms with Gasteiger partial charge in [0.05, 0.1) is 7.11 Å². The fourth-order valence-electron chi connectivity index (χ4n) is 3.44. The number of hydrogen-bond acceptors (Lipinski definition) is 4. The van der Waals surface area contributed by atoms with Crippen LogP contribution in [0, 0.1) is 0 Å². The highest BCUT2D eigenvalue weighted by Crippen LogP contribution is 2.28. The van der Waals surface area contributed by atoms with E-state index in [9.17, 15) is 9.59 Å². The number of carbonyl (C=O) groups excluding carboxylic acids is 2. The molecule has 7 nitrogen and oxygen atoms in total. The van der Waals surface area contributed by atoms with E-state index in [-0.39, 0.29) is 18.5 Å². The van der Waals surface area contributed by atoms with Gasteiger partial charge in [-0.05, 0) is 55.3 Å². The Morgan fingerprint density at radius 1 is 1.03 bits per heavy atom. The number of hydrogen-bond donors (Lipinski definition) is 1. The van der Waals surface area contributed by atoms with Crippen molar-refractivity contribution in [2.24, 2.45) is 0 Å². The molecule has 8 heteroatoms. The smallest absolute Gasteiger partial charge is 0.321 e. The molecular weight excluding hydrogens is 430 g/mol. The lowest BCUT2D eigenvalue weighted by Crippen LogP contribution is -2.40. The standard InChI is InChI=1S/C24H28ClN3O4/c1-3-5-18-6-11-21(22(16-18)31-2)32-17-23(29)27-12-4-13-28(15-14-27)24(30)26-20-9-7-19(25)8-10-20/h3,5-11,16H,4,12-15,17H2,1-2H3,(H,26,30)/b5-3+. The van der Waals surface area contributed by atoms with Gasteiger partial charge in [-0.25, -0.2) is 4.79 Å². The van der Waals surface area contributed by atoms with E-state index < -0.39 is 0 Å². The van der Waals surface area contributed by atoms with Gasteiger partial charge in [-0.2, -0.15) is 0 Å². The normalized spacial score (nSPS) is 14.2. The molecule has 0 bridgehead atoms. The number of halogens is 1. The van der Waals surface area contributed by atoms with Crippen LogP contribution in [0.1, 0.15) is 18.9 Å². The van der Waals surface area contributed by atoms with E-state index in [4.69, 9.17) is 21.1 Å². The average Bonchev–Trinajstić information content (AvgIpc) is 3.06. The Bertz CT molecular complexity index is 962. The molecular formula is C24H28ClN3O4.